The molecule has 0 aliphatic carbocycles. The maximum absolute atomic E-state index is 10.8. The molecule has 0 amide bonds. The second-order valence-corrected chi connectivity index (χ2v) is 3.70. The summed E-state index contributed by atoms with van der Waals surface area (Å²) in [6.07, 6.45) is 3.23. The molecule has 0 radical (unpaired) electrons. The molecule has 1 aliphatic rings. The fourth-order valence-electron chi connectivity index (χ4n) is 1.75. The summed E-state index contributed by atoms with van der Waals surface area (Å²) in [6.45, 7) is 1.70. The second-order valence-electron chi connectivity index (χ2n) is 3.70. The highest BCUT2D eigenvalue weighted by Gasteiger charge is 2.14. The monoisotopic (exact) mass is 194 g/mol. The highest BCUT2D eigenvalue weighted by molar-refractivity contribution is 5.00. The molecule has 1 aromatic rings. The Morgan fingerprint density at radius 2 is 2.50 bits per heavy atom. The molecule has 1 aromatic heterocycles. The molecule has 4 nitrogen and oxygen atoms in total. The SMILES string of the molecule is O=c1ccc(CC2CCCOC2)n[nH]1. The van der Waals surface area contributed by atoms with Crippen LogP contribution in [0.15, 0.2) is 16.9 Å². The lowest BCUT2D eigenvalue weighted by Gasteiger charge is -2.21. The van der Waals surface area contributed by atoms with Crippen LogP contribution in [0.3, 0.4) is 0 Å². The smallest absolute Gasteiger partial charge is 0.264 e. The second kappa shape index (κ2) is 4.37. The predicted octanol–water partition coefficient (Wildman–Crippen LogP) is 0.739. The van der Waals surface area contributed by atoms with Gasteiger partial charge in [0.2, 0.25) is 0 Å². The third-order valence-corrected chi connectivity index (χ3v) is 2.49. The van der Waals surface area contributed by atoms with Gasteiger partial charge in [-0.05, 0) is 31.2 Å². The van der Waals surface area contributed by atoms with Gasteiger partial charge in [0.25, 0.3) is 5.56 Å². The standard InChI is InChI=1S/C10H14N2O2/c13-10-4-3-9(11-12-10)6-8-2-1-5-14-7-8/h3-4,8H,1-2,5-7H2,(H,12,13). The Hall–Kier alpha value is -1.16. The molecule has 1 aliphatic heterocycles. The first-order chi connectivity index (χ1) is 6.84. The topological polar surface area (TPSA) is 55.0 Å². The van der Waals surface area contributed by atoms with Gasteiger partial charge in [-0.3, -0.25) is 4.79 Å². The number of H-pyrrole nitrogens is 1. The molecule has 76 valence electrons. The lowest BCUT2D eigenvalue weighted by Crippen LogP contribution is -2.20. The molecule has 1 saturated heterocycles. The van der Waals surface area contributed by atoms with Crippen molar-refractivity contribution >= 4 is 0 Å². The van der Waals surface area contributed by atoms with E-state index in [4.69, 9.17) is 4.74 Å². The van der Waals surface area contributed by atoms with Gasteiger partial charge in [-0.15, -0.1) is 0 Å². The van der Waals surface area contributed by atoms with E-state index >= 15 is 0 Å². The van der Waals surface area contributed by atoms with Gasteiger partial charge in [-0.2, -0.15) is 5.10 Å². The van der Waals surface area contributed by atoms with Gasteiger partial charge in [-0.1, -0.05) is 0 Å². The lowest BCUT2D eigenvalue weighted by atomic mass is 9.97. The average molecular weight is 194 g/mol. The maximum atomic E-state index is 10.8. The molecule has 2 heterocycles. The van der Waals surface area contributed by atoms with Crippen molar-refractivity contribution < 1.29 is 4.74 Å². The molecule has 2 rings (SSSR count). The number of aromatic nitrogens is 2. The van der Waals surface area contributed by atoms with Crippen LogP contribution in [0, 0.1) is 5.92 Å². The fraction of sp³-hybridized carbons (Fsp3) is 0.600. The molecule has 14 heavy (non-hydrogen) atoms. The quantitative estimate of drug-likeness (QED) is 0.755. The van der Waals surface area contributed by atoms with Crippen molar-refractivity contribution in [2.75, 3.05) is 13.2 Å². The van der Waals surface area contributed by atoms with Gasteiger partial charge in [0.1, 0.15) is 0 Å². The van der Waals surface area contributed by atoms with Crippen molar-refractivity contribution in [3.05, 3.63) is 28.2 Å². The molecule has 1 fully saturated rings. The Balaban J connectivity index is 1.96. The average Bonchev–Trinajstić information content (AvgIpc) is 2.23. The summed E-state index contributed by atoms with van der Waals surface area (Å²) >= 11 is 0. The zero-order valence-electron chi connectivity index (χ0n) is 8.03. The van der Waals surface area contributed by atoms with E-state index in [1.807, 2.05) is 0 Å². The number of nitrogens with one attached hydrogen (secondary N) is 1. The van der Waals surface area contributed by atoms with E-state index in [1.165, 1.54) is 12.5 Å². The summed E-state index contributed by atoms with van der Waals surface area (Å²) in [6, 6.07) is 3.31. The van der Waals surface area contributed by atoms with E-state index in [9.17, 15) is 4.79 Å². The van der Waals surface area contributed by atoms with Crippen LogP contribution in [0.1, 0.15) is 18.5 Å². The van der Waals surface area contributed by atoms with Crippen LogP contribution in [0.2, 0.25) is 0 Å². The minimum atomic E-state index is -0.145. The molecule has 1 N–H and O–H groups in total. The summed E-state index contributed by atoms with van der Waals surface area (Å²) in [5.74, 6) is 0.558. The van der Waals surface area contributed by atoms with Crippen LogP contribution in [0.5, 0.6) is 0 Å². The number of hydrogen-bond donors (Lipinski definition) is 1. The third-order valence-electron chi connectivity index (χ3n) is 2.49. The number of aromatic amines is 1. The first kappa shape index (κ1) is 9.40. The normalized spacial score (nSPS) is 22.1. The van der Waals surface area contributed by atoms with E-state index in [0.29, 0.717) is 5.92 Å². The molecule has 0 spiro atoms. The lowest BCUT2D eigenvalue weighted by molar-refractivity contribution is 0.0546. The largest absolute Gasteiger partial charge is 0.381 e. The van der Waals surface area contributed by atoms with Crippen LogP contribution < -0.4 is 5.56 Å². The highest BCUT2D eigenvalue weighted by Crippen LogP contribution is 2.16. The van der Waals surface area contributed by atoms with Crippen LogP contribution in [-0.2, 0) is 11.2 Å². The van der Waals surface area contributed by atoms with Gasteiger partial charge in [0.15, 0.2) is 0 Å². The zero-order chi connectivity index (χ0) is 9.80. The van der Waals surface area contributed by atoms with Crippen molar-refractivity contribution in [1.82, 2.24) is 10.2 Å². The van der Waals surface area contributed by atoms with Crippen molar-refractivity contribution in [1.29, 1.82) is 0 Å². The number of nitrogens with zero attached hydrogens (tertiary/aromatic N) is 1. The zero-order valence-corrected chi connectivity index (χ0v) is 8.03. The van der Waals surface area contributed by atoms with Crippen LogP contribution in [0.4, 0.5) is 0 Å². The Kier molecular flexibility index (Phi) is 2.93. The van der Waals surface area contributed by atoms with Crippen molar-refractivity contribution in [2.24, 2.45) is 5.92 Å². The maximum Gasteiger partial charge on any atom is 0.264 e. The van der Waals surface area contributed by atoms with E-state index in [-0.39, 0.29) is 5.56 Å². The summed E-state index contributed by atoms with van der Waals surface area (Å²) in [5.41, 5.74) is 0.800. The van der Waals surface area contributed by atoms with Crippen molar-refractivity contribution in [3.63, 3.8) is 0 Å². The van der Waals surface area contributed by atoms with Crippen LogP contribution >= 0.6 is 0 Å². The first-order valence-electron chi connectivity index (χ1n) is 4.97. The predicted molar refractivity (Wildman–Crippen MR) is 52.1 cm³/mol. The molecular weight excluding hydrogens is 180 g/mol. The van der Waals surface area contributed by atoms with Crippen LogP contribution in [0.25, 0.3) is 0 Å². The molecule has 1 unspecified atom stereocenters. The molecular formula is C10H14N2O2. The summed E-state index contributed by atoms with van der Waals surface area (Å²) < 4.78 is 5.38. The molecule has 0 aromatic carbocycles. The fourth-order valence-corrected chi connectivity index (χ4v) is 1.75. The van der Waals surface area contributed by atoms with Gasteiger partial charge < -0.3 is 4.74 Å². The summed E-state index contributed by atoms with van der Waals surface area (Å²) in [4.78, 5) is 10.8. The van der Waals surface area contributed by atoms with Gasteiger partial charge in [0, 0.05) is 19.3 Å². The summed E-state index contributed by atoms with van der Waals surface area (Å²) in [7, 11) is 0. The minimum Gasteiger partial charge on any atom is -0.381 e. The number of ether oxygens (including phenoxy) is 1. The highest BCUT2D eigenvalue weighted by atomic mass is 16.5. The molecule has 1 atom stereocenters. The Bertz CT molecular complexity index is 322. The van der Waals surface area contributed by atoms with E-state index in [2.05, 4.69) is 10.2 Å². The van der Waals surface area contributed by atoms with E-state index < -0.39 is 0 Å². The van der Waals surface area contributed by atoms with E-state index in [1.54, 1.807) is 6.07 Å². The van der Waals surface area contributed by atoms with Crippen molar-refractivity contribution in [3.8, 4) is 0 Å². The molecule has 0 bridgehead atoms. The Morgan fingerprint density at radius 3 is 3.14 bits per heavy atom. The van der Waals surface area contributed by atoms with Gasteiger partial charge in [-0.25, -0.2) is 5.10 Å². The first-order valence-corrected chi connectivity index (χ1v) is 4.97. The minimum absolute atomic E-state index is 0.145. The molecule has 0 saturated carbocycles. The van der Waals surface area contributed by atoms with Crippen LogP contribution in [-0.4, -0.2) is 23.4 Å². The van der Waals surface area contributed by atoms with Gasteiger partial charge in [0.05, 0.1) is 5.69 Å². The molecule has 4 heteroatoms. The van der Waals surface area contributed by atoms with E-state index in [0.717, 1.165) is 31.7 Å². The van der Waals surface area contributed by atoms with Crippen molar-refractivity contribution in [2.45, 2.75) is 19.3 Å². The van der Waals surface area contributed by atoms with Gasteiger partial charge >= 0.3 is 0 Å². The summed E-state index contributed by atoms with van der Waals surface area (Å²) in [5, 5.41) is 6.42. The Morgan fingerprint density at radius 1 is 1.57 bits per heavy atom. The third kappa shape index (κ3) is 2.42. The number of rotatable bonds is 2. The number of hydrogen-bond acceptors (Lipinski definition) is 3. The Labute approximate surface area is 82.3 Å².